The van der Waals surface area contributed by atoms with Crippen LogP contribution in [0.4, 0.5) is 18.9 Å². The van der Waals surface area contributed by atoms with Crippen LogP contribution in [0.25, 0.3) is 0 Å². The van der Waals surface area contributed by atoms with Gasteiger partial charge in [0.15, 0.2) is 0 Å². The lowest BCUT2D eigenvalue weighted by Crippen LogP contribution is -2.33. The summed E-state index contributed by atoms with van der Waals surface area (Å²) >= 11 is 1.20. The summed E-state index contributed by atoms with van der Waals surface area (Å²) < 4.78 is 38.4. The molecule has 144 valence electrons. The van der Waals surface area contributed by atoms with Crippen molar-refractivity contribution in [3.8, 4) is 0 Å². The first-order valence-electron chi connectivity index (χ1n) is 7.96. The number of thioether (sulfide) groups is 1. The maximum absolute atomic E-state index is 12.8. The minimum atomic E-state index is -4.45. The van der Waals surface area contributed by atoms with Gasteiger partial charge in [-0.15, -0.1) is 11.8 Å². The van der Waals surface area contributed by atoms with Crippen molar-refractivity contribution in [1.82, 2.24) is 5.32 Å². The Balaban J connectivity index is 2.00. The van der Waals surface area contributed by atoms with Gasteiger partial charge in [-0.05, 0) is 43.7 Å². The molecule has 0 aliphatic carbocycles. The van der Waals surface area contributed by atoms with Crippen molar-refractivity contribution in [3.05, 3.63) is 69.8 Å². The SMILES string of the molecule is CC(Sc1ccc([N+](=O)[O-])cc1)C(=O)NC(C)c1cccc(C(F)(F)F)c1. The summed E-state index contributed by atoms with van der Waals surface area (Å²) in [6.45, 7) is 3.26. The number of nitrogens with one attached hydrogen (secondary N) is 1. The summed E-state index contributed by atoms with van der Waals surface area (Å²) in [6, 6.07) is 10.00. The Labute approximate surface area is 158 Å². The highest BCUT2D eigenvalue weighted by molar-refractivity contribution is 8.00. The first kappa shape index (κ1) is 20.8. The van der Waals surface area contributed by atoms with E-state index in [1.807, 2.05) is 0 Å². The standard InChI is InChI=1S/C18H17F3N2O3S/c1-11(13-4-3-5-14(10-13)18(19,20)21)22-17(24)12(2)27-16-8-6-15(7-9-16)23(25)26/h3-12H,1-2H3,(H,22,24). The zero-order valence-corrected chi connectivity index (χ0v) is 15.3. The number of carbonyl (C=O) groups excluding carboxylic acids is 1. The number of rotatable bonds is 6. The molecule has 2 aromatic carbocycles. The van der Waals surface area contributed by atoms with Crippen molar-refractivity contribution in [1.29, 1.82) is 0 Å². The van der Waals surface area contributed by atoms with Crippen LogP contribution in [0.1, 0.15) is 31.0 Å². The molecule has 0 fully saturated rings. The van der Waals surface area contributed by atoms with Gasteiger partial charge in [-0.2, -0.15) is 13.2 Å². The molecule has 0 saturated heterocycles. The molecule has 0 bridgehead atoms. The van der Waals surface area contributed by atoms with Crippen LogP contribution >= 0.6 is 11.8 Å². The fraction of sp³-hybridized carbons (Fsp3) is 0.278. The Morgan fingerprint density at radius 1 is 1.15 bits per heavy atom. The number of benzene rings is 2. The molecule has 1 amide bonds. The molecule has 2 rings (SSSR count). The van der Waals surface area contributed by atoms with Gasteiger partial charge in [0.1, 0.15) is 0 Å². The van der Waals surface area contributed by atoms with Gasteiger partial charge in [-0.1, -0.05) is 12.1 Å². The van der Waals surface area contributed by atoms with E-state index in [1.54, 1.807) is 26.0 Å². The van der Waals surface area contributed by atoms with Crippen molar-refractivity contribution in [3.63, 3.8) is 0 Å². The molecule has 2 atom stereocenters. The van der Waals surface area contributed by atoms with Crippen LogP contribution in [0.5, 0.6) is 0 Å². The fourth-order valence-electron chi connectivity index (χ4n) is 2.30. The first-order chi connectivity index (χ1) is 12.6. The van der Waals surface area contributed by atoms with Crippen LogP contribution in [0, 0.1) is 10.1 Å². The Bertz CT molecular complexity index is 825. The van der Waals surface area contributed by atoms with Crippen LogP contribution in [-0.4, -0.2) is 16.1 Å². The lowest BCUT2D eigenvalue weighted by molar-refractivity contribution is -0.384. The summed E-state index contributed by atoms with van der Waals surface area (Å²) in [4.78, 5) is 23.1. The van der Waals surface area contributed by atoms with E-state index in [0.717, 1.165) is 12.1 Å². The number of nitrogens with zero attached hydrogens (tertiary/aromatic N) is 1. The molecule has 2 unspecified atom stereocenters. The van der Waals surface area contributed by atoms with Crippen molar-refractivity contribution in [2.24, 2.45) is 0 Å². The first-order valence-corrected chi connectivity index (χ1v) is 8.84. The second kappa shape index (κ2) is 8.43. The number of hydrogen-bond acceptors (Lipinski definition) is 4. The third-order valence-electron chi connectivity index (χ3n) is 3.80. The maximum atomic E-state index is 12.8. The van der Waals surface area contributed by atoms with Crippen molar-refractivity contribution in [2.75, 3.05) is 0 Å². The van der Waals surface area contributed by atoms with E-state index >= 15 is 0 Å². The van der Waals surface area contributed by atoms with Gasteiger partial charge >= 0.3 is 6.18 Å². The molecular formula is C18H17F3N2O3S. The van der Waals surface area contributed by atoms with Crippen molar-refractivity contribution < 1.29 is 22.9 Å². The van der Waals surface area contributed by atoms with Crippen LogP contribution in [0.3, 0.4) is 0 Å². The molecule has 0 radical (unpaired) electrons. The summed E-state index contributed by atoms with van der Waals surface area (Å²) in [5, 5.41) is 12.8. The molecule has 5 nitrogen and oxygen atoms in total. The third kappa shape index (κ3) is 5.72. The van der Waals surface area contributed by atoms with Crippen molar-refractivity contribution >= 4 is 23.4 Å². The largest absolute Gasteiger partial charge is 0.416 e. The monoisotopic (exact) mass is 398 g/mol. The number of halogens is 3. The van der Waals surface area contributed by atoms with Gasteiger partial charge < -0.3 is 5.32 Å². The van der Waals surface area contributed by atoms with Gasteiger partial charge in [0.05, 0.1) is 21.8 Å². The molecule has 9 heteroatoms. The minimum absolute atomic E-state index is 0.0466. The molecule has 2 aromatic rings. The van der Waals surface area contributed by atoms with Crippen LogP contribution < -0.4 is 5.32 Å². The number of amides is 1. The highest BCUT2D eigenvalue weighted by atomic mass is 32.2. The van der Waals surface area contributed by atoms with Gasteiger partial charge in [0.25, 0.3) is 5.69 Å². The Hall–Kier alpha value is -2.55. The normalized spacial score (nSPS) is 13.7. The van der Waals surface area contributed by atoms with Crippen LogP contribution in [0.15, 0.2) is 53.4 Å². The molecule has 0 saturated carbocycles. The van der Waals surface area contributed by atoms with E-state index < -0.39 is 28.0 Å². The molecule has 0 heterocycles. The molecule has 0 spiro atoms. The zero-order chi connectivity index (χ0) is 20.2. The number of nitro groups is 1. The number of alkyl halides is 3. The predicted octanol–water partition coefficient (Wildman–Crippen LogP) is 4.97. The predicted molar refractivity (Wildman–Crippen MR) is 96.4 cm³/mol. The van der Waals surface area contributed by atoms with E-state index in [0.29, 0.717) is 10.5 Å². The number of non-ortho nitro benzene ring substituents is 1. The maximum Gasteiger partial charge on any atom is 0.416 e. The topological polar surface area (TPSA) is 72.2 Å². The zero-order valence-electron chi connectivity index (χ0n) is 14.5. The molecule has 0 aliphatic heterocycles. The summed E-state index contributed by atoms with van der Waals surface area (Å²) in [7, 11) is 0. The van der Waals surface area contributed by atoms with Gasteiger partial charge in [-0.25, -0.2) is 0 Å². The van der Waals surface area contributed by atoms with E-state index in [-0.39, 0.29) is 11.6 Å². The quantitative estimate of drug-likeness (QED) is 0.424. The van der Waals surface area contributed by atoms with E-state index in [4.69, 9.17) is 0 Å². The summed E-state index contributed by atoms with van der Waals surface area (Å²) in [5.41, 5.74) is -0.463. The smallest absolute Gasteiger partial charge is 0.349 e. The second-order valence-corrected chi connectivity index (χ2v) is 7.28. The van der Waals surface area contributed by atoms with E-state index in [9.17, 15) is 28.1 Å². The van der Waals surface area contributed by atoms with Crippen molar-refractivity contribution in [2.45, 2.75) is 36.2 Å². The highest BCUT2D eigenvalue weighted by Gasteiger charge is 2.31. The van der Waals surface area contributed by atoms with Crippen LogP contribution in [-0.2, 0) is 11.0 Å². The molecule has 0 aliphatic rings. The lowest BCUT2D eigenvalue weighted by Gasteiger charge is -2.19. The Kier molecular flexibility index (Phi) is 6.48. The minimum Gasteiger partial charge on any atom is -0.349 e. The molecule has 0 aromatic heterocycles. The van der Waals surface area contributed by atoms with Gasteiger partial charge in [-0.3, -0.25) is 14.9 Å². The molecular weight excluding hydrogens is 381 g/mol. The Morgan fingerprint density at radius 2 is 1.78 bits per heavy atom. The highest BCUT2D eigenvalue weighted by Crippen LogP contribution is 2.31. The Morgan fingerprint density at radius 3 is 2.33 bits per heavy atom. The number of carbonyl (C=O) groups is 1. The third-order valence-corrected chi connectivity index (χ3v) is 4.91. The number of nitro benzene ring substituents is 1. The summed E-state index contributed by atoms with van der Waals surface area (Å²) in [6.07, 6.45) is -4.45. The van der Waals surface area contributed by atoms with E-state index in [1.165, 1.54) is 36.0 Å². The fourth-order valence-corrected chi connectivity index (χ4v) is 3.18. The average Bonchev–Trinajstić information content (AvgIpc) is 2.61. The van der Waals surface area contributed by atoms with Crippen LogP contribution in [0.2, 0.25) is 0 Å². The van der Waals surface area contributed by atoms with Gasteiger partial charge in [0.2, 0.25) is 5.91 Å². The van der Waals surface area contributed by atoms with E-state index in [2.05, 4.69) is 5.32 Å². The number of hydrogen-bond donors (Lipinski definition) is 1. The van der Waals surface area contributed by atoms with Gasteiger partial charge in [0, 0.05) is 17.0 Å². The molecule has 1 N–H and O–H groups in total. The second-order valence-electron chi connectivity index (χ2n) is 5.86. The average molecular weight is 398 g/mol. The lowest BCUT2D eigenvalue weighted by atomic mass is 10.0. The molecule has 27 heavy (non-hydrogen) atoms. The summed E-state index contributed by atoms with van der Waals surface area (Å²) in [5.74, 6) is -0.344.